The molecule has 0 bridgehead atoms. The van der Waals surface area contributed by atoms with Crippen molar-refractivity contribution in [3.05, 3.63) is 47.9 Å². The number of anilines is 1. The van der Waals surface area contributed by atoms with Crippen molar-refractivity contribution in [2.75, 3.05) is 38.0 Å². The maximum Gasteiger partial charge on any atom is 0.223 e. The Bertz CT molecular complexity index is 844. The van der Waals surface area contributed by atoms with Crippen LogP contribution in [0, 0.1) is 0 Å². The van der Waals surface area contributed by atoms with E-state index in [4.69, 9.17) is 0 Å². The average Bonchev–Trinajstić information content (AvgIpc) is 3.23. The van der Waals surface area contributed by atoms with Crippen molar-refractivity contribution in [1.29, 1.82) is 0 Å². The molecular weight excluding hydrogens is 342 g/mol. The van der Waals surface area contributed by atoms with Crippen LogP contribution in [0.4, 0.5) is 5.95 Å². The molecule has 4 rings (SSSR count). The molecule has 0 aliphatic carbocycles. The van der Waals surface area contributed by atoms with Crippen molar-refractivity contribution in [2.45, 2.75) is 13.0 Å². The lowest BCUT2D eigenvalue weighted by Crippen LogP contribution is -2.42. The molecule has 1 saturated heterocycles. The van der Waals surface area contributed by atoms with Crippen LogP contribution in [-0.4, -0.2) is 68.2 Å². The zero-order valence-corrected chi connectivity index (χ0v) is 15.1. The molecule has 27 heavy (non-hydrogen) atoms. The maximum absolute atomic E-state index is 4.64. The number of H-pyrrole nitrogens is 1. The third-order valence-corrected chi connectivity index (χ3v) is 4.52. The van der Waals surface area contributed by atoms with E-state index < -0.39 is 0 Å². The lowest BCUT2D eigenvalue weighted by atomic mass is 10.1. The minimum Gasteiger partial charge on any atom is -0.354 e. The fourth-order valence-electron chi connectivity index (χ4n) is 3.14. The predicted octanol–water partition coefficient (Wildman–Crippen LogP) is 0.716. The molecule has 3 N–H and O–H groups in total. The highest BCUT2D eigenvalue weighted by atomic mass is 15.5. The van der Waals surface area contributed by atoms with Crippen molar-refractivity contribution in [2.24, 2.45) is 0 Å². The van der Waals surface area contributed by atoms with Crippen LogP contribution < -0.4 is 10.6 Å². The summed E-state index contributed by atoms with van der Waals surface area (Å²) < 4.78 is 0. The van der Waals surface area contributed by atoms with Gasteiger partial charge in [0, 0.05) is 57.4 Å². The van der Waals surface area contributed by atoms with E-state index in [9.17, 15) is 0 Å². The Balaban J connectivity index is 1.41. The quantitative estimate of drug-likeness (QED) is 0.562. The van der Waals surface area contributed by atoms with Gasteiger partial charge in [0.15, 0.2) is 5.82 Å². The zero-order chi connectivity index (χ0) is 18.3. The molecule has 0 saturated carbocycles. The van der Waals surface area contributed by atoms with Crippen LogP contribution in [0.3, 0.4) is 0 Å². The molecular formula is C18H23N9. The second-order valence-electron chi connectivity index (χ2n) is 6.50. The van der Waals surface area contributed by atoms with E-state index in [1.807, 2.05) is 6.07 Å². The molecule has 9 nitrogen and oxygen atoms in total. The molecule has 1 aliphatic rings. The van der Waals surface area contributed by atoms with Gasteiger partial charge in [0.2, 0.25) is 5.95 Å². The number of piperazine rings is 1. The van der Waals surface area contributed by atoms with Crippen molar-refractivity contribution in [3.63, 3.8) is 0 Å². The molecule has 2 aromatic heterocycles. The van der Waals surface area contributed by atoms with Gasteiger partial charge in [-0.25, -0.2) is 9.97 Å². The third kappa shape index (κ3) is 4.83. The van der Waals surface area contributed by atoms with Crippen LogP contribution >= 0.6 is 0 Å². The lowest BCUT2D eigenvalue weighted by Gasteiger charge is -2.27. The monoisotopic (exact) mass is 365 g/mol. The largest absolute Gasteiger partial charge is 0.354 e. The van der Waals surface area contributed by atoms with Crippen LogP contribution in [0.15, 0.2) is 36.5 Å². The van der Waals surface area contributed by atoms with Gasteiger partial charge in [-0.05, 0) is 17.7 Å². The Morgan fingerprint density at radius 1 is 1.15 bits per heavy atom. The summed E-state index contributed by atoms with van der Waals surface area (Å²) in [6.07, 6.45) is 2.44. The Morgan fingerprint density at radius 2 is 2.07 bits per heavy atom. The van der Waals surface area contributed by atoms with Gasteiger partial charge < -0.3 is 10.6 Å². The number of hydrogen-bond acceptors (Lipinski definition) is 8. The zero-order valence-electron chi connectivity index (χ0n) is 15.1. The van der Waals surface area contributed by atoms with Gasteiger partial charge in [0.25, 0.3) is 0 Å². The molecule has 9 heteroatoms. The third-order valence-electron chi connectivity index (χ3n) is 4.52. The fraction of sp³-hybridized carbons (Fsp3) is 0.389. The van der Waals surface area contributed by atoms with Crippen LogP contribution in [0.1, 0.15) is 11.4 Å². The molecule has 140 valence electrons. The summed E-state index contributed by atoms with van der Waals surface area (Å²) in [5.74, 6) is 1.27. The fourth-order valence-corrected chi connectivity index (χ4v) is 3.14. The normalized spacial score (nSPS) is 15.0. The van der Waals surface area contributed by atoms with Gasteiger partial charge >= 0.3 is 0 Å². The Hall–Kier alpha value is -2.91. The van der Waals surface area contributed by atoms with Gasteiger partial charge in [-0.15, -0.1) is 10.2 Å². The van der Waals surface area contributed by atoms with Crippen molar-refractivity contribution in [3.8, 4) is 11.3 Å². The van der Waals surface area contributed by atoms with Gasteiger partial charge in [-0.2, -0.15) is 5.21 Å². The minimum atomic E-state index is 0.600. The molecule has 3 aromatic rings. The molecule has 3 heterocycles. The maximum atomic E-state index is 4.64. The number of aromatic amines is 1. The van der Waals surface area contributed by atoms with Crippen LogP contribution in [0.5, 0.6) is 0 Å². The van der Waals surface area contributed by atoms with Gasteiger partial charge in [-0.1, -0.05) is 23.4 Å². The highest BCUT2D eigenvalue weighted by Crippen LogP contribution is 2.20. The van der Waals surface area contributed by atoms with Crippen molar-refractivity contribution >= 4 is 5.95 Å². The van der Waals surface area contributed by atoms with Gasteiger partial charge in [-0.3, -0.25) is 4.90 Å². The number of hydrogen-bond donors (Lipinski definition) is 3. The minimum absolute atomic E-state index is 0.600. The van der Waals surface area contributed by atoms with E-state index in [0.717, 1.165) is 44.0 Å². The summed E-state index contributed by atoms with van der Waals surface area (Å²) in [6.45, 7) is 5.91. The summed E-state index contributed by atoms with van der Waals surface area (Å²) in [4.78, 5) is 11.4. The Kier molecular flexibility index (Phi) is 5.61. The first-order valence-corrected chi connectivity index (χ1v) is 9.18. The molecule has 1 aromatic carbocycles. The van der Waals surface area contributed by atoms with Crippen LogP contribution in [0.25, 0.3) is 11.3 Å². The first-order valence-electron chi connectivity index (χ1n) is 9.18. The summed E-state index contributed by atoms with van der Waals surface area (Å²) >= 11 is 0. The van der Waals surface area contributed by atoms with Gasteiger partial charge in [0.1, 0.15) is 0 Å². The number of tetrazole rings is 1. The van der Waals surface area contributed by atoms with Gasteiger partial charge in [0.05, 0.1) is 5.69 Å². The molecule has 0 radical (unpaired) electrons. The summed E-state index contributed by atoms with van der Waals surface area (Å²) in [7, 11) is 0. The van der Waals surface area contributed by atoms with E-state index in [1.165, 1.54) is 5.56 Å². The SMILES string of the molecule is c1cc(CN2CCNCC2)cc(-c2ccnc(NCCc3nn[nH]n3)n2)c1. The summed E-state index contributed by atoms with van der Waals surface area (Å²) in [5.41, 5.74) is 3.32. The van der Waals surface area contributed by atoms with Crippen LogP contribution in [0.2, 0.25) is 0 Å². The molecule has 0 amide bonds. The molecule has 1 aliphatic heterocycles. The molecule has 0 spiro atoms. The standard InChI is InChI=1S/C18H23N9/c1-2-14(13-27-10-8-19-9-11-27)12-15(3-1)16-4-6-20-18(22-16)21-7-5-17-23-25-26-24-17/h1-4,6,12,19H,5,7-11,13H2,(H,20,21,22)(H,23,24,25,26). The summed E-state index contributed by atoms with van der Waals surface area (Å²) in [5, 5.41) is 20.5. The highest BCUT2D eigenvalue weighted by Gasteiger charge is 2.11. The summed E-state index contributed by atoms with van der Waals surface area (Å²) in [6, 6.07) is 10.5. The van der Waals surface area contributed by atoms with E-state index in [0.29, 0.717) is 24.7 Å². The molecule has 0 atom stereocenters. The van der Waals surface area contributed by atoms with E-state index in [1.54, 1.807) is 6.20 Å². The topological polar surface area (TPSA) is 108 Å². The first-order chi connectivity index (χ1) is 13.4. The predicted molar refractivity (Wildman–Crippen MR) is 102 cm³/mol. The number of nitrogens with one attached hydrogen (secondary N) is 3. The second kappa shape index (κ2) is 8.65. The number of benzene rings is 1. The molecule has 0 unspecified atom stereocenters. The first kappa shape index (κ1) is 17.5. The highest BCUT2D eigenvalue weighted by molar-refractivity contribution is 5.60. The van der Waals surface area contributed by atoms with Crippen LogP contribution in [-0.2, 0) is 13.0 Å². The lowest BCUT2D eigenvalue weighted by molar-refractivity contribution is 0.233. The van der Waals surface area contributed by atoms with Crippen molar-refractivity contribution in [1.82, 2.24) is 40.8 Å². The Morgan fingerprint density at radius 3 is 2.93 bits per heavy atom. The molecule has 1 fully saturated rings. The smallest absolute Gasteiger partial charge is 0.223 e. The Labute approximate surface area is 157 Å². The van der Waals surface area contributed by atoms with Crippen molar-refractivity contribution < 1.29 is 0 Å². The van der Waals surface area contributed by atoms with E-state index in [2.05, 4.69) is 70.4 Å². The number of aromatic nitrogens is 6. The van der Waals surface area contributed by atoms with E-state index in [-0.39, 0.29) is 0 Å². The average molecular weight is 365 g/mol. The van der Waals surface area contributed by atoms with E-state index >= 15 is 0 Å². The number of rotatable bonds is 7. The second-order valence-corrected chi connectivity index (χ2v) is 6.50. The number of nitrogens with zero attached hydrogens (tertiary/aromatic N) is 6.